The maximum Gasteiger partial charge on any atom is 0.250 e. The van der Waals surface area contributed by atoms with Gasteiger partial charge in [-0.15, -0.1) is 0 Å². The number of primary amides is 1. The third kappa shape index (κ3) is 3.44. The van der Waals surface area contributed by atoms with Crippen LogP contribution in [0.25, 0.3) is 0 Å². The Morgan fingerprint density at radius 3 is 3.00 bits per heavy atom. The predicted octanol–water partition coefficient (Wildman–Crippen LogP) is 2.41. The molecule has 4 nitrogen and oxygen atoms in total. The molecule has 1 fully saturated rings. The van der Waals surface area contributed by atoms with Gasteiger partial charge >= 0.3 is 0 Å². The highest BCUT2D eigenvalue weighted by Crippen LogP contribution is 2.31. The smallest absolute Gasteiger partial charge is 0.250 e. The Balaban J connectivity index is 2.31. The van der Waals surface area contributed by atoms with Crippen molar-refractivity contribution in [3.05, 3.63) is 28.8 Å². The van der Waals surface area contributed by atoms with Crippen LogP contribution in [0.15, 0.2) is 18.2 Å². The summed E-state index contributed by atoms with van der Waals surface area (Å²) in [5, 5.41) is 3.83. The average Bonchev–Trinajstić information content (AvgIpc) is 2.45. The zero-order valence-corrected chi connectivity index (χ0v) is 12.6. The fourth-order valence-electron chi connectivity index (χ4n) is 2.88. The van der Waals surface area contributed by atoms with Crippen molar-refractivity contribution in [3.63, 3.8) is 0 Å². The first-order valence-corrected chi connectivity index (χ1v) is 7.52. The second kappa shape index (κ2) is 6.95. The number of carbonyl (C=O) groups is 1. The Kier molecular flexibility index (Phi) is 5.26. The number of hydrogen-bond donors (Lipinski definition) is 2. The highest BCUT2D eigenvalue weighted by molar-refractivity contribution is 6.31. The number of amides is 1. The molecule has 1 amide bonds. The first-order valence-electron chi connectivity index (χ1n) is 7.14. The van der Waals surface area contributed by atoms with E-state index in [-0.39, 0.29) is 0 Å². The molecule has 20 heavy (non-hydrogen) atoms. The number of nitrogens with two attached hydrogens (primary N) is 1. The number of carbonyl (C=O) groups excluding carboxylic acids is 1. The van der Waals surface area contributed by atoms with E-state index in [2.05, 4.69) is 10.2 Å². The number of piperidine rings is 1. The SMILES string of the molecule is CNCCC1CCCCN1c1cc(Cl)ccc1C(N)=O. The summed E-state index contributed by atoms with van der Waals surface area (Å²) in [5.41, 5.74) is 6.94. The third-order valence-corrected chi connectivity index (χ3v) is 4.12. The molecular formula is C15H22ClN3O. The van der Waals surface area contributed by atoms with Crippen molar-refractivity contribution in [2.24, 2.45) is 5.73 Å². The molecule has 0 bridgehead atoms. The standard InChI is InChI=1S/C15H22ClN3O/c1-18-8-7-12-4-2-3-9-19(12)14-10-11(16)5-6-13(14)15(17)20/h5-6,10,12,18H,2-4,7-9H2,1H3,(H2,17,20). The van der Waals surface area contributed by atoms with E-state index in [1.807, 2.05) is 13.1 Å². The summed E-state index contributed by atoms with van der Waals surface area (Å²) in [6.07, 6.45) is 4.58. The van der Waals surface area contributed by atoms with E-state index < -0.39 is 5.91 Å². The number of nitrogens with zero attached hydrogens (tertiary/aromatic N) is 1. The molecule has 1 unspecified atom stereocenters. The van der Waals surface area contributed by atoms with Gasteiger partial charge in [0.15, 0.2) is 0 Å². The van der Waals surface area contributed by atoms with Crippen molar-refractivity contribution in [1.29, 1.82) is 0 Å². The van der Waals surface area contributed by atoms with Gasteiger partial charge in [0.05, 0.1) is 11.3 Å². The zero-order chi connectivity index (χ0) is 14.5. The lowest BCUT2D eigenvalue weighted by Gasteiger charge is -2.38. The number of benzene rings is 1. The van der Waals surface area contributed by atoms with E-state index in [4.69, 9.17) is 17.3 Å². The summed E-state index contributed by atoms with van der Waals surface area (Å²) in [4.78, 5) is 13.9. The lowest BCUT2D eigenvalue weighted by atomic mass is 9.97. The van der Waals surface area contributed by atoms with Gasteiger partial charge in [0.2, 0.25) is 0 Å². The summed E-state index contributed by atoms with van der Waals surface area (Å²) in [7, 11) is 1.96. The second-order valence-electron chi connectivity index (χ2n) is 5.26. The van der Waals surface area contributed by atoms with E-state index in [9.17, 15) is 4.79 Å². The van der Waals surface area contributed by atoms with Crippen molar-refractivity contribution in [2.75, 3.05) is 25.0 Å². The molecule has 1 atom stereocenters. The highest BCUT2D eigenvalue weighted by atomic mass is 35.5. The first kappa shape index (κ1) is 15.1. The minimum Gasteiger partial charge on any atom is -0.368 e. The van der Waals surface area contributed by atoms with Crippen LogP contribution < -0.4 is 16.0 Å². The first-order chi connectivity index (χ1) is 9.63. The molecule has 110 valence electrons. The Bertz CT molecular complexity index is 478. The maximum atomic E-state index is 11.6. The summed E-state index contributed by atoms with van der Waals surface area (Å²) < 4.78 is 0. The predicted molar refractivity (Wildman–Crippen MR) is 83.5 cm³/mol. The molecule has 0 aromatic heterocycles. The van der Waals surface area contributed by atoms with Crippen LogP contribution in [0.1, 0.15) is 36.0 Å². The number of rotatable bonds is 5. The van der Waals surface area contributed by atoms with E-state index in [0.29, 0.717) is 16.6 Å². The van der Waals surface area contributed by atoms with Gasteiger partial charge in [0.1, 0.15) is 0 Å². The maximum absolute atomic E-state index is 11.6. The van der Waals surface area contributed by atoms with Gasteiger partial charge in [-0.3, -0.25) is 4.79 Å². The minimum absolute atomic E-state index is 0.394. The second-order valence-corrected chi connectivity index (χ2v) is 5.70. The van der Waals surface area contributed by atoms with Crippen LogP contribution in [0, 0.1) is 0 Å². The summed E-state index contributed by atoms with van der Waals surface area (Å²) in [5.74, 6) is -0.394. The summed E-state index contributed by atoms with van der Waals surface area (Å²) in [6, 6.07) is 5.74. The molecule has 0 spiro atoms. The van der Waals surface area contributed by atoms with Gasteiger partial charge in [-0.25, -0.2) is 0 Å². The van der Waals surface area contributed by atoms with Crippen molar-refractivity contribution >= 4 is 23.2 Å². The van der Waals surface area contributed by atoms with Crippen LogP contribution in [-0.2, 0) is 0 Å². The van der Waals surface area contributed by atoms with Gasteiger partial charge in [0.25, 0.3) is 5.91 Å². The number of anilines is 1. The summed E-state index contributed by atoms with van der Waals surface area (Å²) >= 11 is 6.10. The molecule has 0 radical (unpaired) electrons. The van der Waals surface area contributed by atoms with Gasteiger partial charge in [-0.1, -0.05) is 11.6 Å². The molecule has 1 aromatic carbocycles. The minimum atomic E-state index is -0.394. The lowest BCUT2D eigenvalue weighted by molar-refractivity contribution is 0.100. The third-order valence-electron chi connectivity index (χ3n) is 3.89. The largest absolute Gasteiger partial charge is 0.368 e. The van der Waals surface area contributed by atoms with Crippen molar-refractivity contribution in [2.45, 2.75) is 31.7 Å². The molecular weight excluding hydrogens is 274 g/mol. The Morgan fingerprint density at radius 1 is 1.50 bits per heavy atom. The summed E-state index contributed by atoms with van der Waals surface area (Å²) in [6.45, 7) is 1.92. The van der Waals surface area contributed by atoms with Crippen molar-refractivity contribution in [1.82, 2.24) is 5.32 Å². The average molecular weight is 296 g/mol. The highest BCUT2D eigenvalue weighted by Gasteiger charge is 2.25. The molecule has 0 saturated carbocycles. The molecule has 2 rings (SSSR count). The Hall–Kier alpha value is -1.26. The molecule has 5 heteroatoms. The molecule has 1 heterocycles. The van der Waals surface area contributed by atoms with Gasteiger partial charge < -0.3 is 16.0 Å². The Labute approximate surface area is 125 Å². The lowest BCUT2D eigenvalue weighted by Crippen LogP contribution is -2.42. The molecule has 1 aliphatic rings. The van der Waals surface area contributed by atoms with Crippen molar-refractivity contribution in [3.8, 4) is 0 Å². The van der Waals surface area contributed by atoms with Gasteiger partial charge in [-0.05, 0) is 57.5 Å². The quantitative estimate of drug-likeness (QED) is 0.877. The van der Waals surface area contributed by atoms with Crippen LogP contribution in [0.5, 0.6) is 0 Å². The van der Waals surface area contributed by atoms with Crippen LogP contribution in [0.4, 0.5) is 5.69 Å². The molecule has 3 N–H and O–H groups in total. The molecule has 1 aromatic rings. The topological polar surface area (TPSA) is 58.4 Å². The fraction of sp³-hybridized carbons (Fsp3) is 0.533. The van der Waals surface area contributed by atoms with E-state index in [1.165, 1.54) is 6.42 Å². The molecule has 1 aliphatic heterocycles. The number of hydrogen-bond acceptors (Lipinski definition) is 3. The number of halogens is 1. The number of nitrogens with one attached hydrogen (secondary N) is 1. The van der Waals surface area contributed by atoms with E-state index in [1.54, 1.807) is 12.1 Å². The fourth-order valence-corrected chi connectivity index (χ4v) is 3.05. The van der Waals surface area contributed by atoms with Crippen LogP contribution in [0.3, 0.4) is 0 Å². The monoisotopic (exact) mass is 295 g/mol. The normalized spacial score (nSPS) is 19.1. The van der Waals surface area contributed by atoms with Crippen LogP contribution in [0.2, 0.25) is 5.02 Å². The van der Waals surface area contributed by atoms with Gasteiger partial charge in [-0.2, -0.15) is 0 Å². The zero-order valence-electron chi connectivity index (χ0n) is 11.9. The Morgan fingerprint density at radius 2 is 2.30 bits per heavy atom. The van der Waals surface area contributed by atoms with E-state index >= 15 is 0 Å². The molecule has 0 aliphatic carbocycles. The van der Waals surface area contributed by atoms with Crippen molar-refractivity contribution < 1.29 is 4.79 Å². The van der Waals surface area contributed by atoms with Crippen LogP contribution >= 0.6 is 11.6 Å². The van der Waals surface area contributed by atoms with E-state index in [0.717, 1.165) is 38.0 Å². The van der Waals surface area contributed by atoms with Crippen LogP contribution in [-0.4, -0.2) is 32.1 Å². The van der Waals surface area contributed by atoms with Gasteiger partial charge in [0, 0.05) is 17.6 Å². The molecule has 1 saturated heterocycles.